The fourth-order valence-corrected chi connectivity index (χ4v) is 2.38. The fourth-order valence-electron chi connectivity index (χ4n) is 1.17. The van der Waals surface area contributed by atoms with Gasteiger partial charge in [0.15, 0.2) is 0 Å². The number of pyridine rings is 1. The van der Waals surface area contributed by atoms with Gasteiger partial charge in [-0.2, -0.15) is 13.2 Å². The van der Waals surface area contributed by atoms with Crippen LogP contribution in [0.1, 0.15) is 6.04 Å². The number of hydrogen-bond donors (Lipinski definition) is 1. The van der Waals surface area contributed by atoms with Gasteiger partial charge in [-0.3, -0.25) is 9.36 Å². The van der Waals surface area contributed by atoms with E-state index in [1.807, 2.05) is 0 Å². The highest BCUT2D eigenvalue weighted by atomic mass is 79.9. The molecule has 0 bridgehead atoms. The highest BCUT2D eigenvalue weighted by Gasteiger charge is 2.40. The van der Waals surface area contributed by atoms with Crippen LogP contribution in [-0.4, -0.2) is 17.3 Å². The number of halogens is 5. The van der Waals surface area contributed by atoms with E-state index in [0.29, 0.717) is 9.04 Å². The Morgan fingerprint density at radius 1 is 1.44 bits per heavy atom. The van der Waals surface area contributed by atoms with Gasteiger partial charge in [-0.15, -0.1) is 0 Å². The quantitative estimate of drug-likeness (QED) is 0.877. The zero-order valence-corrected chi connectivity index (χ0v) is 10.9. The molecule has 16 heavy (non-hydrogen) atoms. The summed E-state index contributed by atoms with van der Waals surface area (Å²) in [5.41, 5.74) is 4.28. The van der Waals surface area contributed by atoms with Gasteiger partial charge in [0.25, 0.3) is 5.56 Å². The minimum absolute atomic E-state index is 0.0459. The lowest BCUT2D eigenvalue weighted by Gasteiger charge is -2.21. The minimum Gasteiger partial charge on any atom is -0.328 e. The Bertz CT molecular complexity index is 444. The third-order valence-electron chi connectivity index (χ3n) is 1.90. The van der Waals surface area contributed by atoms with E-state index in [9.17, 15) is 18.0 Å². The lowest BCUT2D eigenvalue weighted by molar-refractivity contribution is -0.165. The highest BCUT2D eigenvalue weighted by molar-refractivity contribution is 9.11. The Morgan fingerprint density at radius 2 is 2.00 bits per heavy atom. The largest absolute Gasteiger partial charge is 0.410 e. The first-order valence-corrected chi connectivity index (χ1v) is 5.70. The zero-order valence-electron chi connectivity index (χ0n) is 7.76. The molecule has 0 fully saturated rings. The van der Waals surface area contributed by atoms with Crippen molar-refractivity contribution in [2.45, 2.75) is 12.2 Å². The van der Waals surface area contributed by atoms with Crippen molar-refractivity contribution in [3.8, 4) is 0 Å². The molecular formula is C8H7Br2F3N2O. The van der Waals surface area contributed by atoms with Gasteiger partial charge < -0.3 is 5.73 Å². The van der Waals surface area contributed by atoms with Crippen LogP contribution in [-0.2, 0) is 0 Å². The van der Waals surface area contributed by atoms with Gasteiger partial charge in [-0.05, 0) is 37.9 Å². The van der Waals surface area contributed by atoms with Crippen molar-refractivity contribution in [2.75, 3.05) is 6.54 Å². The Kier molecular flexibility index (Phi) is 4.19. The summed E-state index contributed by atoms with van der Waals surface area (Å²) in [6, 6.07) is -0.642. The minimum atomic E-state index is -4.56. The molecular weight excluding hydrogens is 357 g/mol. The highest BCUT2D eigenvalue weighted by Crippen LogP contribution is 2.29. The van der Waals surface area contributed by atoms with Crippen molar-refractivity contribution >= 4 is 31.9 Å². The van der Waals surface area contributed by atoms with Crippen LogP contribution in [0.25, 0.3) is 0 Å². The molecule has 0 saturated heterocycles. The third-order valence-corrected chi connectivity index (χ3v) is 2.90. The maximum absolute atomic E-state index is 12.6. The molecule has 0 aliphatic heterocycles. The maximum Gasteiger partial charge on any atom is 0.410 e. The van der Waals surface area contributed by atoms with E-state index in [1.165, 1.54) is 6.07 Å². The molecule has 0 aliphatic carbocycles. The molecule has 1 unspecified atom stereocenters. The molecule has 1 atom stereocenters. The van der Waals surface area contributed by atoms with Gasteiger partial charge in [0, 0.05) is 17.2 Å². The average molecular weight is 364 g/mol. The van der Waals surface area contributed by atoms with E-state index in [1.54, 1.807) is 0 Å². The lowest BCUT2D eigenvalue weighted by atomic mass is 10.2. The summed E-state index contributed by atoms with van der Waals surface area (Å²) in [7, 11) is 0. The van der Waals surface area contributed by atoms with E-state index < -0.39 is 24.3 Å². The van der Waals surface area contributed by atoms with Crippen molar-refractivity contribution < 1.29 is 13.2 Å². The van der Waals surface area contributed by atoms with Gasteiger partial charge in [0.1, 0.15) is 6.04 Å². The topological polar surface area (TPSA) is 48.0 Å². The van der Waals surface area contributed by atoms with Crippen LogP contribution in [0.5, 0.6) is 0 Å². The smallest absolute Gasteiger partial charge is 0.328 e. The van der Waals surface area contributed by atoms with E-state index in [4.69, 9.17) is 5.73 Å². The molecule has 3 nitrogen and oxygen atoms in total. The van der Waals surface area contributed by atoms with E-state index in [0.717, 1.165) is 6.20 Å². The first-order chi connectivity index (χ1) is 7.27. The molecule has 90 valence electrons. The molecule has 1 aromatic rings. The van der Waals surface area contributed by atoms with Gasteiger partial charge in [-0.1, -0.05) is 0 Å². The summed E-state index contributed by atoms with van der Waals surface area (Å²) in [5, 5.41) is 0. The van der Waals surface area contributed by atoms with Gasteiger partial charge in [0.2, 0.25) is 0 Å². The standard InChI is InChI=1S/C8H7Br2F3N2O/c9-4-1-5(10)7(16)15(3-4)6(2-14)8(11,12)13/h1,3,6H,2,14H2. The van der Waals surface area contributed by atoms with Crippen molar-refractivity contribution in [1.29, 1.82) is 0 Å². The van der Waals surface area contributed by atoms with E-state index in [2.05, 4.69) is 31.9 Å². The van der Waals surface area contributed by atoms with Gasteiger partial charge in [0.05, 0.1) is 4.47 Å². The van der Waals surface area contributed by atoms with Crippen LogP contribution >= 0.6 is 31.9 Å². The molecule has 0 amide bonds. The van der Waals surface area contributed by atoms with Crippen LogP contribution in [0, 0.1) is 0 Å². The average Bonchev–Trinajstić information content (AvgIpc) is 2.11. The zero-order chi connectivity index (χ0) is 12.5. The third kappa shape index (κ3) is 2.86. The molecule has 1 aromatic heterocycles. The molecule has 0 aromatic carbocycles. The second-order valence-corrected chi connectivity index (χ2v) is 4.78. The van der Waals surface area contributed by atoms with Crippen molar-refractivity contribution in [3.63, 3.8) is 0 Å². The molecule has 0 aliphatic rings. The Morgan fingerprint density at radius 3 is 2.44 bits per heavy atom. The van der Waals surface area contributed by atoms with Crippen molar-refractivity contribution in [2.24, 2.45) is 5.73 Å². The van der Waals surface area contributed by atoms with Crippen LogP contribution in [0.15, 0.2) is 26.0 Å². The van der Waals surface area contributed by atoms with Gasteiger partial charge >= 0.3 is 6.18 Å². The molecule has 1 heterocycles. The SMILES string of the molecule is NCC(n1cc(Br)cc(Br)c1=O)C(F)(F)F. The molecule has 1 rings (SSSR count). The summed E-state index contributed by atoms with van der Waals surface area (Å²) in [6.07, 6.45) is -3.49. The molecule has 8 heteroatoms. The predicted molar refractivity (Wildman–Crippen MR) is 60.2 cm³/mol. The van der Waals surface area contributed by atoms with Crippen molar-refractivity contribution in [1.82, 2.24) is 4.57 Å². The second-order valence-electron chi connectivity index (χ2n) is 3.01. The van der Waals surface area contributed by atoms with Crippen molar-refractivity contribution in [3.05, 3.63) is 31.6 Å². The fraction of sp³-hybridized carbons (Fsp3) is 0.375. The molecule has 2 N–H and O–H groups in total. The van der Waals surface area contributed by atoms with Crippen LogP contribution in [0.4, 0.5) is 13.2 Å². The molecule has 0 saturated carbocycles. The number of rotatable bonds is 2. The number of alkyl halides is 3. The van der Waals surface area contributed by atoms with E-state index in [-0.39, 0.29) is 4.47 Å². The Balaban J connectivity index is 3.37. The Hall–Kier alpha value is -0.340. The molecule has 0 spiro atoms. The first-order valence-electron chi connectivity index (χ1n) is 4.11. The van der Waals surface area contributed by atoms with Crippen LogP contribution < -0.4 is 11.3 Å². The number of hydrogen-bond acceptors (Lipinski definition) is 2. The normalized spacial score (nSPS) is 13.9. The summed E-state index contributed by atoms with van der Waals surface area (Å²) in [5.74, 6) is 0. The number of nitrogens with two attached hydrogens (primary N) is 1. The lowest BCUT2D eigenvalue weighted by Crippen LogP contribution is -2.38. The summed E-state index contributed by atoms with van der Waals surface area (Å²) < 4.78 is 38.7. The van der Waals surface area contributed by atoms with Crippen LogP contribution in [0.2, 0.25) is 0 Å². The predicted octanol–water partition coefficient (Wildman–Crippen LogP) is 2.44. The monoisotopic (exact) mass is 362 g/mol. The Labute approximate surface area is 106 Å². The number of aromatic nitrogens is 1. The summed E-state index contributed by atoms with van der Waals surface area (Å²) >= 11 is 5.90. The summed E-state index contributed by atoms with van der Waals surface area (Å²) in [6.45, 7) is -0.688. The molecule has 0 radical (unpaired) electrons. The van der Waals surface area contributed by atoms with Crippen LogP contribution in [0.3, 0.4) is 0 Å². The van der Waals surface area contributed by atoms with Gasteiger partial charge in [-0.25, -0.2) is 0 Å². The van der Waals surface area contributed by atoms with E-state index >= 15 is 0 Å². The maximum atomic E-state index is 12.6. The summed E-state index contributed by atoms with van der Waals surface area (Å²) in [4.78, 5) is 11.5. The second kappa shape index (κ2) is 4.89. The first kappa shape index (κ1) is 13.7. The number of nitrogens with zero attached hydrogens (tertiary/aromatic N) is 1.